The molecule has 1 aromatic heterocycles. The predicted octanol–water partition coefficient (Wildman–Crippen LogP) is 2.88. The zero-order valence-corrected chi connectivity index (χ0v) is 14.8. The molecule has 0 aromatic carbocycles. The number of anilines is 1. The fraction of sp³-hybridized carbons (Fsp3) is 0.688. The van der Waals surface area contributed by atoms with E-state index >= 15 is 0 Å². The van der Waals surface area contributed by atoms with Crippen molar-refractivity contribution in [2.24, 2.45) is 0 Å². The Morgan fingerprint density at radius 2 is 1.64 bits per heavy atom. The zero-order chi connectivity index (χ0) is 16.3. The summed E-state index contributed by atoms with van der Waals surface area (Å²) in [6, 6.07) is 3.36. The molecule has 0 atom stereocenters. The fourth-order valence-corrected chi connectivity index (χ4v) is 4.89. The molecule has 5 nitrogen and oxygen atoms in total. The lowest BCUT2D eigenvalue weighted by molar-refractivity contribution is 0.302. The number of sulfonamides is 1. The van der Waals surface area contributed by atoms with Crippen LogP contribution in [0.4, 0.5) is 5.82 Å². The molecule has 0 spiro atoms. The van der Waals surface area contributed by atoms with Gasteiger partial charge in [-0.1, -0.05) is 0 Å². The number of hydrogen-bond acceptors (Lipinski definition) is 4. The van der Waals surface area contributed by atoms with Crippen LogP contribution < -0.4 is 4.90 Å². The van der Waals surface area contributed by atoms with Crippen LogP contribution in [0.2, 0.25) is 0 Å². The lowest BCUT2D eigenvalue weighted by atomic mass is 10.1. The summed E-state index contributed by atoms with van der Waals surface area (Å²) in [6.45, 7) is 9.59. The van der Waals surface area contributed by atoms with Crippen LogP contribution in [0.5, 0.6) is 0 Å². The normalized spacial score (nSPS) is 16.8. The van der Waals surface area contributed by atoms with Gasteiger partial charge in [-0.15, -0.1) is 0 Å². The molecule has 2 rings (SSSR count). The summed E-state index contributed by atoms with van der Waals surface area (Å²) in [6.07, 6.45) is 5.12. The van der Waals surface area contributed by atoms with Crippen molar-refractivity contribution in [1.29, 1.82) is 0 Å². The molecule has 1 aliphatic rings. The van der Waals surface area contributed by atoms with Gasteiger partial charge < -0.3 is 4.90 Å². The Labute approximate surface area is 134 Å². The minimum atomic E-state index is -3.49. The standard InChI is InChI=1S/C16H27N3O2S/c1-13(2)19(14(3)4)22(20,21)15-8-9-16(17-12-15)18-10-6-5-7-11-18/h8-9,12-14H,5-7,10-11H2,1-4H3. The minimum absolute atomic E-state index is 0.0771. The van der Waals surface area contributed by atoms with E-state index in [1.807, 2.05) is 33.8 Å². The summed E-state index contributed by atoms with van der Waals surface area (Å²) in [5.41, 5.74) is 0. The SMILES string of the molecule is CC(C)N(C(C)C)S(=O)(=O)c1ccc(N2CCCCC2)nc1. The Morgan fingerprint density at radius 3 is 2.09 bits per heavy atom. The summed E-state index contributed by atoms with van der Waals surface area (Å²) < 4.78 is 27.1. The lowest BCUT2D eigenvalue weighted by Crippen LogP contribution is -2.42. The van der Waals surface area contributed by atoms with E-state index in [1.54, 1.807) is 6.07 Å². The monoisotopic (exact) mass is 325 g/mol. The van der Waals surface area contributed by atoms with Gasteiger partial charge in [0.25, 0.3) is 0 Å². The highest BCUT2D eigenvalue weighted by Gasteiger charge is 2.29. The molecular weight excluding hydrogens is 298 g/mol. The van der Waals surface area contributed by atoms with Gasteiger partial charge in [-0.25, -0.2) is 13.4 Å². The van der Waals surface area contributed by atoms with Crippen molar-refractivity contribution in [3.63, 3.8) is 0 Å². The summed E-state index contributed by atoms with van der Waals surface area (Å²) in [7, 11) is -3.49. The Hall–Kier alpha value is -1.14. The van der Waals surface area contributed by atoms with E-state index in [0.29, 0.717) is 0 Å². The summed E-state index contributed by atoms with van der Waals surface area (Å²) in [5, 5.41) is 0. The van der Waals surface area contributed by atoms with E-state index in [1.165, 1.54) is 29.8 Å². The third-order valence-electron chi connectivity index (χ3n) is 3.99. The Morgan fingerprint density at radius 1 is 1.05 bits per heavy atom. The third kappa shape index (κ3) is 3.60. The van der Waals surface area contributed by atoms with Gasteiger partial charge in [0.2, 0.25) is 10.0 Å². The number of piperidine rings is 1. The average Bonchev–Trinajstić information content (AvgIpc) is 2.47. The predicted molar refractivity (Wildman–Crippen MR) is 89.6 cm³/mol. The molecule has 0 radical (unpaired) electrons. The molecule has 2 heterocycles. The maximum atomic E-state index is 12.8. The number of pyridine rings is 1. The zero-order valence-electron chi connectivity index (χ0n) is 14.0. The second-order valence-corrected chi connectivity index (χ2v) is 8.27. The van der Waals surface area contributed by atoms with Gasteiger partial charge in [0.1, 0.15) is 10.7 Å². The van der Waals surface area contributed by atoms with Gasteiger partial charge in [-0.3, -0.25) is 0 Å². The van der Waals surface area contributed by atoms with E-state index in [0.717, 1.165) is 18.9 Å². The molecule has 22 heavy (non-hydrogen) atoms. The highest BCUT2D eigenvalue weighted by Crippen LogP contribution is 2.23. The van der Waals surface area contributed by atoms with Crippen LogP contribution >= 0.6 is 0 Å². The lowest BCUT2D eigenvalue weighted by Gasteiger charge is -2.30. The summed E-state index contributed by atoms with van der Waals surface area (Å²) in [4.78, 5) is 6.89. The van der Waals surface area contributed by atoms with Crippen LogP contribution in [-0.4, -0.2) is 42.9 Å². The Balaban J connectivity index is 2.25. The van der Waals surface area contributed by atoms with Crippen molar-refractivity contribution in [3.8, 4) is 0 Å². The topological polar surface area (TPSA) is 53.5 Å². The number of nitrogens with zero attached hydrogens (tertiary/aromatic N) is 3. The molecule has 1 fully saturated rings. The van der Waals surface area contributed by atoms with E-state index in [4.69, 9.17) is 0 Å². The van der Waals surface area contributed by atoms with E-state index in [-0.39, 0.29) is 17.0 Å². The molecule has 0 N–H and O–H groups in total. The van der Waals surface area contributed by atoms with Crippen LogP contribution in [-0.2, 0) is 10.0 Å². The number of aromatic nitrogens is 1. The van der Waals surface area contributed by atoms with E-state index in [9.17, 15) is 8.42 Å². The van der Waals surface area contributed by atoms with Crippen molar-refractivity contribution >= 4 is 15.8 Å². The fourth-order valence-electron chi connectivity index (χ4n) is 3.11. The van der Waals surface area contributed by atoms with Gasteiger partial charge in [0.05, 0.1) is 0 Å². The van der Waals surface area contributed by atoms with Gasteiger partial charge in [-0.2, -0.15) is 4.31 Å². The molecular formula is C16H27N3O2S. The average molecular weight is 325 g/mol. The van der Waals surface area contributed by atoms with Crippen LogP contribution in [0.25, 0.3) is 0 Å². The van der Waals surface area contributed by atoms with Crippen LogP contribution in [0.1, 0.15) is 47.0 Å². The molecule has 0 bridgehead atoms. The first-order valence-corrected chi connectivity index (χ1v) is 9.52. The smallest absolute Gasteiger partial charge is 0.245 e. The van der Waals surface area contributed by atoms with Gasteiger partial charge in [-0.05, 0) is 59.1 Å². The largest absolute Gasteiger partial charge is 0.357 e. The van der Waals surface area contributed by atoms with Crippen molar-refractivity contribution < 1.29 is 8.42 Å². The molecule has 1 aliphatic heterocycles. The maximum Gasteiger partial charge on any atom is 0.245 e. The van der Waals surface area contributed by atoms with Crippen LogP contribution in [0.15, 0.2) is 23.2 Å². The maximum absolute atomic E-state index is 12.8. The van der Waals surface area contributed by atoms with Crippen molar-refractivity contribution in [2.45, 2.75) is 63.9 Å². The number of hydrogen-bond donors (Lipinski definition) is 0. The first-order valence-electron chi connectivity index (χ1n) is 8.08. The highest BCUT2D eigenvalue weighted by molar-refractivity contribution is 7.89. The molecule has 0 unspecified atom stereocenters. The molecule has 1 saturated heterocycles. The highest BCUT2D eigenvalue weighted by atomic mass is 32.2. The summed E-state index contributed by atoms with van der Waals surface area (Å²) in [5.74, 6) is 0.874. The Kier molecular flexibility index (Phi) is 5.45. The van der Waals surface area contributed by atoms with Crippen LogP contribution in [0.3, 0.4) is 0 Å². The molecule has 0 saturated carbocycles. The Bertz CT molecular complexity index is 568. The van der Waals surface area contributed by atoms with E-state index < -0.39 is 10.0 Å². The molecule has 0 amide bonds. The van der Waals surface area contributed by atoms with Gasteiger partial charge in [0, 0.05) is 31.4 Å². The number of rotatable bonds is 5. The molecule has 0 aliphatic carbocycles. The van der Waals surface area contributed by atoms with E-state index in [2.05, 4.69) is 9.88 Å². The van der Waals surface area contributed by atoms with Crippen molar-refractivity contribution in [3.05, 3.63) is 18.3 Å². The van der Waals surface area contributed by atoms with Crippen molar-refractivity contribution in [1.82, 2.24) is 9.29 Å². The first kappa shape index (κ1) is 17.2. The molecule has 1 aromatic rings. The molecule has 6 heteroatoms. The summed E-state index contributed by atoms with van der Waals surface area (Å²) >= 11 is 0. The quantitative estimate of drug-likeness (QED) is 0.835. The third-order valence-corrected chi connectivity index (χ3v) is 6.23. The van der Waals surface area contributed by atoms with Gasteiger partial charge in [0.15, 0.2) is 0 Å². The van der Waals surface area contributed by atoms with Crippen molar-refractivity contribution in [2.75, 3.05) is 18.0 Å². The minimum Gasteiger partial charge on any atom is -0.357 e. The second-order valence-electron chi connectivity index (χ2n) is 6.42. The molecule has 124 valence electrons. The second kappa shape index (κ2) is 6.96. The van der Waals surface area contributed by atoms with Crippen LogP contribution in [0, 0.1) is 0 Å². The van der Waals surface area contributed by atoms with Gasteiger partial charge >= 0.3 is 0 Å². The first-order chi connectivity index (χ1) is 10.3.